The zero-order valence-corrected chi connectivity index (χ0v) is 15.2. The van der Waals surface area contributed by atoms with Crippen molar-refractivity contribution in [3.63, 3.8) is 0 Å². The minimum atomic E-state index is -3.62. The average molecular weight is 360 g/mol. The van der Waals surface area contributed by atoms with Gasteiger partial charge in [-0.3, -0.25) is 0 Å². The van der Waals surface area contributed by atoms with Crippen LogP contribution in [-0.4, -0.2) is 18.8 Å². The van der Waals surface area contributed by atoms with Crippen molar-refractivity contribution in [3.05, 3.63) is 72.4 Å². The van der Waals surface area contributed by atoms with Gasteiger partial charge in [0.25, 0.3) is 0 Å². The van der Waals surface area contributed by atoms with Crippen LogP contribution >= 0.6 is 0 Å². The van der Waals surface area contributed by atoms with Crippen LogP contribution in [0, 0.1) is 19.7 Å². The molecular formula is C20H23FNO2S. The average Bonchev–Trinajstić information content (AvgIpc) is 3.01. The lowest BCUT2D eigenvalue weighted by atomic mass is 10.1. The summed E-state index contributed by atoms with van der Waals surface area (Å²) in [5.41, 5.74) is 1.86. The second kappa shape index (κ2) is 7.26. The van der Waals surface area contributed by atoms with E-state index in [1.165, 1.54) is 12.1 Å². The zero-order chi connectivity index (χ0) is 18.0. The summed E-state index contributed by atoms with van der Waals surface area (Å²) in [6, 6.07) is 12.8. The Hall–Kier alpha value is -1.72. The quantitative estimate of drug-likeness (QED) is 0.779. The Balaban J connectivity index is 2.02. The van der Waals surface area contributed by atoms with E-state index >= 15 is 0 Å². The van der Waals surface area contributed by atoms with Crippen molar-refractivity contribution in [2.24, 2.45) is 0 Å². The molecule has 0 aliphatic carbocycles. The molecule has 1 saturated heterocycles. The van der Waals surface area contributed by atoms with Crippen molar-refractivity contribution in [1.29, 1.82) is 0 Å². The number of rotatable bonds is 5. The fourth-order valence-corrected chi connectivity index (χ4v) is 5.45. The van der Waals surface area contributed by atoms with Crippen LogP contribution in [0.2, 0.25) is 0 Å². The summed E-state index contributed by atoms with van der Waals surface area (Å²) in [7, 11) is -3.62. The highest BCUT2D eigenvalue weighted by Gasteiger charge is 2.42. The van der Waals surface area contributed by atoms with Crippen LogP contribution in [0.4, 0.5) is 4.39 Å². The third kappa shape index (κ3) is 3.62. The molecule has 133 valence electrons. The van der Waals surface area contributed by atoms with Gasteiger partial charge in [-0.1, -0.05) is 43.2 Å². The molecule has 0 aromatic heterocycles. The minimum Gasteiger partial charge on any atom is -0.207 e. The van der Waals surface area contributed by atoms with E-state index in [4.69, 9.17) is 0 Å². The highest BCUT2D eigenvalue weighted by atomic mass is 32.2. The maximum atomic E-state index is 13.3. The third-order valence-corrected chi connectivity index (χ3v) is 6.80. The maximum absolute atomic E-state index is 13.3. The van der Waals surface area contributed by atoms with Crippen LogP contribution in [0.25, 0.3) is 0 Å². The second-order valence-electron chi connectivity index (χ2n) is 6.59. The summed E-state index contributed by atoms with van der Waals surface area (Å²) >= 11 is 0. The fraction of sp³-hybridized carbons (Fsp3) is 0.350. The van der Waals surface area contributed by atoms with Gasteiger partial charge in [0.1, 0.15) is 5.82 Å². The molecule has 0 amide bonds. The molecule has 25 heavy (non-hydrogen) atoms. The van der Waals surface area contributed by atoms with Gasteiger partial charge in [0, 0.05) is 6.04 Å². The summed E-state index contributed by atoms with van der Waals surface area (Å²) in [4.78, 5) is 0.307. The number of hydrogen-bond acceptors (Lipinski definition) is 2. The van der Waals surface area contributed by atoms with Crippen LogP contribution in [-0.2, 0) is 10.0 Å². The van der Waals surface area contributed by atoms with Crippen LogP contribution < -0.4 is 0 Å². The lowest BCUT2D eigenvalue weighted by molar-refractivity contribution is 0.314. The van der Waals surface area contributed by atoms with E-state index in [0.29, 0.717) is 11.3 Å². The Morgan fingerprint density at radius 3 is 2.32 bits per heavy atom. The number of aryl methyl sites for hydroxylation is 1. The first kappa shape index (κ1) is 18.1. The summed E-state index contributed by atoms with van der Waals surface area (Å²) in [5, 5.41) is 0. The first-order valence-corrected chi connectivity index (χ1v) is 10.0. The number of hydrogen-bond donors (Lipinski definition) is 0. The highest BCUT2D eigenvalue weighted by molar-refractivity contribution is 7.89. The number of halogens is 1. The molecule has 2 atom stereocenters. The molecular weight excluding hydrogens is 337 g/mol. The molecule has 2 aromatic carbocycles. The SMILES string of the molecule is [CH2]CCC1CCC(c2ccc(F)cc2)N1S(=O)(=O)c1ccc(C)cc1. The van der Waals surface area contributed by atoms with Gasteiger partial charge in [-0.2, -0.15) is 4.31 Å². The van der Waals surface area contributed by atoms with Gasteiger partial charge >= 0.3 is 0 Å². The maximum Gasteiger partial charge on any atom is 0.243 e. The predicted octanol–water partition coefficient (Wildman–Crippen LogP) is 4.64. The summed E-state index contributed by atoms with van der Waals surface area (Å²) in [5.74, 6) is -0.316. The third-order valence-electron chi connectivity index (χ3n) is 4.83. The summed E-state index contributed by atoms with van der Waals surface area (Å²) in [6.07, 6.45) is 2.94. The zero-order valence-electron chi connectivity index (χ0n) is 14.4. The van der Waals surface area contributed by atoms with Crippen molar-refractivity contribution in [1.82, 2.24) is 4.31 Å². The molecule has 0 bridgehead atoms. The number of benzene rings is 2. The van der Waals surface area contributed by atoms with Gasteiger partial charge in [0.2, 0.25) is 10.0 Å². The number of sulfonamides is 1. The van der Waals surface area contributed by atoms with Crippen molar-refractivity contribution >= 4 is 10.0 Å². The van der Waals surface area contributed by atoms with Crippen molar-refractivity contribution in [3.8, 4) is 0 Å². The fourth-order valence-electron chi connectivity index (χ4n) is 3.56. The molecule has 1 fully saturated rings. The smallest absolute Gasteiger partial charge is 0.207 e. The van der Waals surface area contributed by atoms with Crippen molar-refractivity contribution in [2.75, 3.05) is 0 Å². The van der Waals surface area contributed by atoms with Crippen LogP contribution in [0.15, 0.2) is 53.4 Å². The molecule has 5 heteroatoms. The lowest BCUT2D eigenvalue weighted by Crippen LogP contribution is -2.37. The van der Waals surface area contributed by atoms with Crippen LogP contribution in [0.1, 0.15) is 42.9 Å². The first-order valence-electron chi connectivity index (χ1n) is 8.58. The van der Waals surface area contributed by atoms with Gasteiger partial charge in [-0.15, -0.1) is 0 Å². The normalized spacial score (nSPS) is 21.6. The van der Waals surface area contributed by atoms with Gasteiger partial charge in [-0.25, -0.2) is 12.8 Å². The Bertz CT molecular complexity index is 816. The molecule has 3 rings (SSSR count). The summed E-state index contributed by atoms with van der Waals surface area (Å²) in [6.45, 7) is 5.82. The van der Waals surface area contributed by atoms with Gasteiger partial charge < -0.3 is 0 Å². The van der Waals surface area contributed by atoms with E-state index in [0.717, 1.165) is 30.4 Å². The largest absolute Gasteiger partial charge is 0.243 e. The molecule has 2 aromatic rings. The standard InChI is InChI=1S/C20H23FNO2S/c1-3-4-18-11-14-20(16-7-9-17(21)10-8-16)22(18)25(23,24)19-12-5-15(2)6-13-19/h5-10,12-13,18,20H,1,3-4,11,14H2,2H3. The van der Waals surface area contributed by atoms with E-state index in [1.807, 2.05) is 19.1 Å². The molecule has 0 spiro atoms. The van der Waals surface area contributed by atoms with Crippen molar-refractivity contribution in [2.45, 2.75) is 49.6 Å². The van der Waals surface area contributed by atoms with E-state index in [9.17, 15) is 12.8 Å². The Morgan fingerprint density at radius 2 is 1.72 bits per heavy atom. The highest BCUT2D eigenvalue weighted by Crippen LogP contribution is 2.41. The number of nitrogens with zero attached hydrogens (tertiary/aromatic N) is 1. The first-order chi connectivity index (χ1) is 11.9. The second-order valence-corrected chi connectivity index (χ2v) is 8.43. The topological polar surface area (TPSA) is 37.4 Å². The molecule has 1 radical (unpaired) electrons. The molecule has 1 aliphatic heterocycles. The van der Waals surface area contributed by atoms with Gasteiger partial charge in [0.15, 0.2) is 0 Å². The van der Waals surface area contributed by atoms with E-state index in [1.54, 1.807) is 28.6 Å². The minimum absolute atomic E-state index is 0.0705. The molecule has 3 nitrogen and oxygen atoms in total. The van der Waals surface area contributed by atoms with Crippen LogP contribution in [0.3, 0.4) is 0 Å². The van der Waals surface area contributed by atoms with E-state index in [2.05, 4.69) is 6.92 Å². The molecule has 0 N–H and O–H groups in total. The molecule has 0 saturated carbocycles. The summed E-state index contributed by atoms with van der Waals surface area (Å²) < 4.78 is 41.5. The lowest BCUT2D eigenvalue weighted by Gasteiger charge is -2.29. The monoisotopic (exact) mass is 360 g/mol. The Labute approximate surface area is 149 Å². The predicted molar refractivity (Wildman–Crippen MR) is 97.0 cm³/mol. The van der Waals surface area contributed by atoms with E-state index in [-0.39, 0.29) is 17.9 Å². The van der Waals surface area contributed by atoms with Gasteiger partial charge in [-0.05, 0) is 56.0 Å². The van der Waals surface area contributed by atoms with E-state index < -0.39 is 10.0 Å². The van der Waals surface area contributed by atoms with Crippen LogP contribution in [0.5, 0.6) is 0 Å². The van der Waals surface area contributed by atoms with Gasteiger partial charge in [0.05, 0.1) is 10.9 Å². The Morgan fingerprint density at radius 1 is 1.08 bits per heavy atom. The molecule has 1 heterocycles. The Kier molecular flexibility index (Phi) is 5.25. The van der Waals surface area contributed by atoms with Crippen molar-refractivity contribution < 1.29 is 12.8 Å². The molecule has 1 aliphatic rings. The molecule has 2 unspecified atom stereocenters.